The quantitative estimate of drug-likeness (QED) is 0.811. The van der Waals surface area contributed by atoms with E-state index in [1.54, 1.807) is 16.3 Å². The van der Waals surface area contributed by atoms with Crippen molar-refractivity contribution in [1.82, 2.24) is 19.6 Å². The maximum atomic E-state index is 12.8. The highest BCUT2D eigenvalue weighted by Crippen LogP contribution is 2.36. The van der Waals surface area contributed by atoms with E-state index in [4.69, 9.17) is 0 Å². The van der Waals surface area contributed by atoms with Crippen LogP contribution in [-0.2, 0) is 7.05 Å². The SMILES string of the molecule is CCN1CCC[C@@H](CN(C)C(=O)c2sccc2C#N)[C@@H]1c1cnn(C)c1. The Labute approximate surface area is 158 Å². The molecule has 138 valence electrons. The highest BCUT2D eigenvalue weighted by molar-refractivity contribution is 7.12. The van der Waals surface area contributed by atoms with Gasteiger partial charge in [-0.1, -0.05) is 6.92 Å². The first-order chi connectivity index (χ1) is 12.5. The predicted molar refractivity (Wildman–Crippen MR) is 102 cm³/mol. The molecule has 0 saturated carbocycles. The highest BCUT2D eigenvalue weighted by atomic mass is 32.1. The first kappa shape index (κ1) is 18.6. The van der Waals surface area contributed by atoms with E-state index < -0.39 is 0 Å². The molecule has 1 aliphatic heterocycles. The Kier molecular flexibility index (Phi) is 5.74. The van der Waals surface area contributed by atoms with Crippen molar-refractivity contribution in [3.05, 3.63) is 39.8 Å². The molecule has 2 aromatic rings. The summed E-state index contributed by atoms with van der Waals surface area (Å²) in [4.78, 5) is 17.6. The normalized spacial score (nSPS) is 20.7. The fraction of sp³-hybridized carbons (Fsp3) is 0.526. The van der Waals surface area contributed by atoms with Crippen LogP contribution in [0.3, 0.4) is 0 Å². The molecule has 0 N–H and O–H groups in total. The van der Waals surface area contributed by atoms with Crippen LogP contribution in [0.15, 0.2) is 23.8 Å². The number of rotatable bonds is 5. The van der Waals surface area contributed by atoms with Gasteiger partial charge in [-0.25, -0.2) is 0 Å². The summed E-state index contributed by atoms with van der Waals surface area (Å²) in [6.07, 6.45) is 6.25. The van der Waals surface area contributed by atoms with Crippen molar-refractivity contribution in [2.75, 3.05) is 26.7 Å². The summed E-state index contributed by atoms with van der Waals surface area (Å²) in [7, 11) is 3.78. The number of aromatic nitrogens is 2. The van der Waals surface area contributed by atoms with Gasteiger partial charge >= 0.3 is 0 Å². The van der Waals surface area contributed by atoms with Gasteiger partial charge in [0.25, 0.3) is 5.91 Å². The van der Waals surface area contributed by atoms with Gasteiger partial charge in [-0.2, -0.15) is 10.4 Å². The van der Waals surface area contributed by atoms with Gasteiger partial charge < -0.3 is 4.90 Å². The second-order valence-corrected chi connectivity index (χ2v) is 7.80. The Morgan fingerprint density at radius 3 is 3.00 bits per heavy atom. The second kappa shape index (κ2) is 8.02. The lowest BCUT2D eigenvalue weighted by Crippen LogP contribution is -2.43. The number of likely N-dealkylation sites (tertiary alicyclic amines) is 1. The molecule has 26 heavy (non-hydrogen) atoms. The molecule has 7 heteroatoms. The lowest BCUT2D eigenvalue weighted by molar-refractivity contribution is 0.0592. The zero-order valence-electron chi connectivity index (χ0n) is 15.6. The number of carbonyl (C=O) groups excluding carboxylic acids is 1. The molecule has 0 aliphatic carbocycles. The van der Waals surface area contributed by atoms with E-state index in [0.29, 0.717) is 22.9 Å². The van der Waals surface area contributed by atoms with Crippen molar-refractivity contribution in [1.29, 1.82) is 5.26 Å². The third kappa shape index (κ3) is 3.67. The van der Waals surface area contributed by atoms with Crippen LogP contribution < -0.4 is 0 Å². The second-order valence-electron chi connectivity index (χ2n) is 6.88. The minimum atomic E-state index is -0.0601. The van der Waals surface area contributed by atoms with Crippen molar-refractivity contribution in [3.63, 3.8) is 0 Å². The summed E-state index contributed by atoms with van der Waals surface area (Å²) in [6.45, 7) is 4.92. The zero-order chi connectivity index (χ0) is 18.7. The number of nitriles is 1. The average molecular weight is 372 g/mol. The van der Waals surface area contributed by atoms with Crippen LogP contribution in [0.4, 0.5) is 0 Å². The summed E-state index contributed by atoms with van der Waals surface area (Å²) in [5, 5.41) is 15.3. The molecule has 1 amide bonds. The van der Waals surface area contributed by atoms with Crippen molar-refractivity contribution in [3.8, 4) is 6.07 Å². The van der Waals surface area contributed by atoms with E-state index in [2.05, 4.69) is 29.2 Å². The zero-order valence-corrected chi connectivity index (χ0v) is 16.4. The smallest absolute Gasteiger partial charge is 0.265 e. The van der Waals surface area contributed by atoms with Crippen molar-refractivity contribution in [2.24, 2.45) is 13.0 Å². The van der Waals surface area contributed by atoms with Crippen LogP contribution in [0.5, 0.6) is 0 Å². The number of thiophene rings is 1. The molecule has 0 bridgehead atoms. The topological polar surface area (TPSA) is 65.2 Å². The number of carbonyl (C=O) groups is 1. The van der Waals surface area contributed by atoms with E-state index >= 15 is 0 Å². The fourth-order valence-corrected chi connectivity index (χ4v) is 4.78. The van der Waals surface area contributed by atoms with Crippen molar-refractivity contribution < 1.29 is 4.79 Å². The molecule has 2 atom stereocenters. The Balaban J connectivity index is 1.79. The van der Waals surface area contributed by atoms with Gasteiger partial charge in [0, 0.05) is 38.4 Å². The molecular formula is C19H25N5OS. The summed E-state index contributed by atoms with van der Waals surface area (Å²) in [6, 6.07) is 4.10. The van der Waals surface area contributed by atoms with Crippen LogP contribution in [-0.4, -0.2) is 52.2 Å². The summed E-state index contributed by atoms with van der Waals surface area (Å²) < 4.78 is 1.84. The Hall–Kier alpha value is -2.17. The summed E-state index contributed by atoms with van der Waals surface area (Å²) in [5.41, 5.74) is 1.68. The maximum absolute atomic E-state index is 12.8. The first-order valence-corrected chi connectivity index (χ1v) is 9.88. The average Bonchev–Trinajstić information content (AvgIpc) is 3.29. The molecule has 6 nitrogen and oxygen atoms in total. The van der Waals surface area contributed by atoms with Gasteiger partial charge in [-0.05, 0) is 43.3 Å². The summed E-state index contributed by atoms with van der Waals surface area (Å²) >= 11 is 1.34. The molecule has 0 radical (unpaired) electrons. The van der Waals surface area contributed by atoms with Crippen LogP contribution in [0, 0.1) is 17.2 Å². The standard InChI is InChI=1S/C19H25N5OS/c1-4-24-8-5-6-15(17(24)16-11-21-23(3)13-16)12-22(2)19(25)18-14(10-20)7-9-26-18/h7,9,11,13,15,17H,4-6,8,12H2,1-3H3/t15-,17+/m0/s1. The third-order valence-electron chi connectivity index (χ3n) is 5.17. The maximum Gasteiger partial charge on any atom is 0.265 e. The van der Waals surface area contributed by atoms with Gasteiger partial charge in [0.1, 0.15) is 10.9 Å². The molecule has 0 spiro atoms. The van der Waals surface area contributed by atoms with E-state index in [0.717, 1.165) is 25.9 Å². The van der Waals surface area contributed by atoms with Crippen LogP contribution in [0.1, 0.15) is 46.6 Å². The molecule has 3 heterocycles. The molecule has 1 fully saturated rings. The Morgan fingerprint density at radius 1 is 1.54 bits per heavy atom. The summed E-state index contributed by atoms with van der Waals surface area (Å²) in [5.74, 6) is 0.294. The number of hydrogen-bond acceptors (Lipinski definition) is 5. The first-order valence-electron chi connectivity index (χ1n) is 9.00. The van der Waals surface area contributed by atoms with Gasteiger partial charge in [-0.15, -0.1) is 11.3 Å². The Morgan fingerprint density at radius 2 is 2.35 bits per heavy atom. The molecule has 0 aromatic carbocycles. The molecule has 0 unspecified atom stereocenters. The van der Waals surface area contributed by atoms with E-state index in [1.807, 2.05) is 25.0 Å². The lowest BCUT2D eigenvalue weighted by Gasteiger charge is -2.42. The van der Waals surface area contributed by atoms with E-state index in [9.17, 15) is 10.1 Å². The van der Waals surface area contributed by atoms with Crippen molar-refractivity contribution in [2.45, 2.75) is 25.8 Å². The minimum absolute atomic E-state index is 0.0601. The number of nitrogens with zero attached hydrogens (tertiary/aromatic N) is 5. The van der Waals surface area contributed by atoms with Gasteiger partial charge in [0.15, 0.2) is 0 Å². The lowest BCUT2D eigenvalue weighted by atomic mass is 9.85. The number of hydrogen-bond donors (Lipinski definition) is 0. The fourth-order valence-electron chi connectivity index (χ4n) is 3.94. The monoisotopic (exact) mass is 371 g/mol. The van der Waals surface area contributed by atoms with Crippen LogP contribution in [0.25, 0.3) is 0 Å². The minimum Gasteiger partial charge on any atom is -0.341 e. The Bertz CT molecular complexity index is 805. The molecule has 2 aromatic heterocycles. The number of aryl methyl sites for hydroxylation is 1. The van der Waals surface area contributed by atoms with Gasteiger partial charge in [0.2, 0.25) is 0 Å². The molecule has 1 aliphatic rings. The largest absolute Gasteiger partial charge is 0.341 e. The molecular weight excluding hydrogens is 346 g/mol. The van der Waals surface area contributed by atoms with Crippen LogP contribution in [0.2, 0.25) is 0 Å². The van der Waals surface area contributed by atoms with E-state index in [-0.39, 0.29) is 11.9 Å². The number of amides is 1. The van der Waals surface area contributed by atoms with Crippen molar-refractivity contribution >= 4 is 17.2 Å². The predicted octanol–water partition coefficient (Wildman–Crippen LogP) is 2.90. The third-order valence-corrected chi connectivity index (χ3v) is 6.07. The molecule has 3 rings (SSSR count). The van der Waals surface area contributed by atoms with E-state index in [1.165, 1.54) is 16.9 Å². The van der Waals surface area contributed by atoms with Gasteiger partial charge in [-0.3, -0.25) is 14.4 Å². The van der Waals surface area contributed by atoms with Crippen LogP contribution >= 0.6 is 11.3 Å². The highest BCUT2D eigenvalue weighted by Gasteiger charge is 2.34. The molecule has 1 saturated heterocycles. The van der Waals surface area contributed by atoms with Gasteiger partial charge in [0.05, 0.1) is 11.8 Å². The number of piperidine rings is 1.